The molecule has 2 aliphatic rings. The zero-order chi connectivity index (χ0) is 14.9. The fourth-order valence-corrected chi connectivity index (χ4v) is 4.07. The quantitative estimate of drug-likeness (QED) is 0.890. The van der Waals surface area contributed by atoms with Crippen molar-refractivity contribution in [2.75, 3.05) is 18.0 Å². The number of benzene rings is 1. The monoisotopic (exact) mass is 286 g/mol. The highest BCUT2D eigenvalue weighted by molar-refractivity contribution is 5.51. The van der Waals surface area contributed by atoms with Crippen LogP contribution in [0.15, 0.2) is 24.3 Å². The van der Waals surface area contributed by atoms with Gasteiger partial charge in [0.2, 0.25) is 0 Å². The third-order valence-corrected chi connectivity index (χ3v) is 5.53. The Morgan fingerprint density at radius 3 is 2.71 bits per heavy atom. The van der Waals surface area contributed by atoms with Gasteiger partial charge in [-0.2, -0.15) is 0 Å². The fraction of sp³-hybridized carbons (Fsp3) is 0.684. The van der Waals surface area contributed by atoms with E-state index in [4.69, 9.17) is 0 Å². The van der Waals surface area contributed by atoms with Crippen LogP contribution in [0, 0.1) is 0 Å². The van der Waals surface area contributed by atoms with E-state index in [1.807, 2.05) is 0 Å². The molecular weight excluding hydrogens is 256 g/mol. The molecule has 1 atom stereocenters. The normalized spacial score (nSPS) is 25.0. The van der Waals surface area contributed by atoms with Crippen molar-refractivity contribution in [3.8, 4) is 0 Å². The lowest BCUT2D eigenvalue weighted by atomic mass is 9.91. The molecular formula is C19H30N2. The molecule has 2 heteroatoms. The first-order valence-electron chi connectivity index (χ1n) is 8.75. The molecule has 116 valence electrons. The van der Waals surface area contributed by atoms with Gasteiger partial charge in [0.05, 0.1) is 0 Å². The lowest BCUT2D eigenvalue weighted by molar-refractivity contribution is 0.267. The molecule has 1 heterocycles. The van der Waals surface area contributed by atoms with Crippen LogP contribution < -0.4 is 10.2 Å². The molecule has 1 aromatic carbocycles. The number of nitrogens with zero attached hydrogens (tertiary/aromatic N) is 1. The van der Waals surface area contributed by atoms with Crippen molar-refractivity contribution >= 4 is 5.69 Å². The zero-order valence-electron chi connectivity index (χ0n) is 13.9. The lowest BCUT2D eigenvalue weighted by Gasteiger charge is -2.47. The van der Waals surface area contributed by atoms with Crippen molar-refractivity contribution in [1.29, 1.82) is 0 Å². The van der Waals surface area contributed by atoms with Crippen LogP contribution in [-0.2, 0) is 0 Å². The third kappa shape index (κ3) is 2.96. The molecule has 0 amide bonds. The van der Waals surface area contributed by atoms with E-state index in [9.17, 15) is 0 Å². The molecule has 0 radical (unpaired) electrons. The molecule has 1 saturated heterocycles. The average molecular weight is 286 g/mol. The Morgan fingerprint density at radius 2 is 2.05 bits per heavy atom. The first-order chi connectivity index (χ1) is 10.1. The lowest BCUT2D eigenvalue weighted by Crippen LogP contribution is -2.63. The summed E-state index contributed by atoms with van der Waals surface area (Å²) in [6, 6.07) is 9.87. The van der Waals surface area contributed by atoms with Crippen molar-refractivity contribution in [3.05, 3.63) is 29.8 Å². The first-order valence-corrected chi connectivity index (χ1v) is 8.75. The van der Waals surface area contributed by atoms with Gasteiger partial charge in [0, 0.05) is 30.4 Å². The molecule has 1 saturated carbocycles. The maximum Gasteiger partial charge on any atom is 0.0412 e. The number of piperazine rings is 1. The van der Waals surface area contributed by atoms with E-state index >= 15 is 0 Å². The Hall–Kier alpha value is -1.02. The second-order valence-corrected chi connectivity index (χ2v) is 7.31. The molecule has 21 heavy (non-hydrogen) atoms. The van der Waals surface area contributed by atoms with Crippen molar-refractivity contribution in [2.45, 2.75) is 70.4 Å². The molecule has 0 bridgehead atoms. The number of hydrogen-bond donors (Lipinski definition) is 1. The summed E-state index contributed by atoms with van der Waals surface area (Å²) in [6.45, 7) is 9.22. The van der Waals surface area contributed by atoms with E-state index < -0.39 is 0 Å². The maximum atomic E-state index is 3.89. The Bertz CT molecular complexity index is 474. The van der Waals surface area contributed by atoms with Crippen molar-refractivity contribution < 1.29 is 0 Å². The van der Waals surface area contributed by atoms with Gasteiger partial charge >= 0.3 is 0 Å². The molecule has 2 fully saturated rings. The molecule has 1 N–H and O–H groups in total. The van der Waals surface area contributed by atoms with Gasteiger partial charge in [0.25, 0.3) is 0 Å². The molecule has 2 nitrogen and oxygen atoms in total. The molecule has 0 aromatic heterocycles. The Labute approximate surface area is 129 Å². The van der Waals surface area contributed by atoms with Gasteiger partial charge in [-0.1, -0.05) is 45.7 Å². The number of anilines is 1. The van der Waals surface area contributed by atoms with Gasteiger partial charge in [-0.15, -0.1) is 0 Å². The summed E-state index contributed by atoms with van der Waals surface area (Å²) in [6.07, 6.45) is 6.70. The predicted molar refractivity (Wildman–Crippen MR) is 91.2 cm³/mol. The number of hydrogen-bond acceptors (Lipinski definition) is 2. The summed E-state index contributed by atoms with van der Waals surface area (Å²) in [7, 11) is 0. The van der Waals surface area contributed by atoms with E-state index in [2.05, 4.69) is 55.3 Å². The first kappa shape index (κ1) is 14.9. The summed E-state index contributed by atoms with van der Waals surface area (Å²) in [5.41, 5.74) is 3.28. The van der Waals surface area contributed by atoms with Crippen LogP contribution >= 0.6 is 0 Å². The van der Waals surface area contributed by atoms with Crippen LogP contribution in [0.5, 0.6) is 0 Å². The molecule has 1 aliphatic carbocycles. The summed E-state index contributed by atoms with van der Waals surface area (Å²) in [5.74, 6) is 0.605. The number of rotatable bonds is 3. The summed E-state index contributed by atoms with van der Waals surface area (Å²) in [5, 5.41) is 3.89. The summed E-state index contributed by atoms with van der Waals surface area (Å²) >= 11 is 0. The summed E-state index contributed by atoms with van der Waals surface area (Å²) < 4.78 is 0. The van der Waals surface area contributed by atoms with E-state index in [1.54, 1.807) is 0 Å². The van der Waals surface area contributed by atoms with Gasteiger partial charge in [-0.25, -0.2) is 0 Å². The Kier molecular flexibility index (Phi) is 4.26. The van der Waals surface area contributed by atoms with E-state index in [0.29, 0.717) is 17.5 Å². The summed E-state index contributed by atoms with van der Waals surface area (Å²) in [4.78, 5) is 2.69. The van der Waals surface area contributed by atoms with Crippen LogP contribution in [0.3, 0.4) is 0 Å². The maximum absolute atomic E-state index is 3.89. The topological polar surface area (TPSA) is 15.3 Å². The Morgan fingerprint density at radius 1 is 1.29 bits per heavy atom. The largest absolute Gasteiger partial charge is 0.365 e. The van der Waals surface area contributed by atoms with Gasteiger partial charge < -0.3 is 10.2 Å². The van der Waals surface area contributed by atoms with Crippen LogP contribution in [0.2, 0.25) is 0 Å². The smallest absolute Gasteiger partial charge is 0.0412 e. The molecule has 1 spiro atoms. The van der Waals surface area contributed by atoms with Gasteiger partial charge in [0.1, 0.15) is 0 Å². The van der Waals surface area contributed by atoms with E-state index in [-0.39, 0.29) is 0 Å². The van der Waals surface area contributed by atoms with E-state index in [1.165, 1.54) is 49.9 Å². The van der Waals surface area contributed by atoms with Crippen LogP contribution in [0.4, 0.5) is 5.69 Å². The SMILES string of the molecule is CCC1CNC2(CCCC2)CN1c1cccc(C(C)C)c1. The minimum Gasteiger partial charge on any atom is -0.365 e. The van der Waals surface area contributed by atoms with Crippen molar-refractivity contribution in [3.63, 3.8) is 0 Å². The highest BCUT2D eigenvalue weighted by Gasteiger charge is 2.40. The van der Waals surface area contributed by atoms with Gasteiger partial charge in [-0.3, -0.25) is 0 Å². The van der Waals surface area contributed by atoms with Crippen molar-refractivity contribution in [2.24, 2.45) is 0 Å². The Balaban J connectivity index is 1.87. The van der Waals surface area contributed by atoms with E-state index in [0.717, 1.165) is 6.54 Å². The molecule has 1 unspecified atom stereocenters. The average Bonchev–Trinajstić information content (AvgIpc) is 2.95. The minimum absolute atomic E-state index is 0.388. The third-order valence-electron chi connectivity index (χ3n) is 5.53. The van der Waals surface area contributed by atoms with Gasteiger partial charge in [-0.05, 0) is 42.9 Å². The minimum atomic E-state index is 0.388. The van der Waals surface area contributed by atoms with Crippen LogP contribution in [-0.4, -0.2) is 24.7 Å². The second kappa shape index (κ2) is 6.00. The molecule has 3 rings (SSSR count). The molecule has 1 aliphatic heterocycles. The van der Waals surface area contributed by atoms with Crippen LogP contribution in [0.25, 0.3) is 0 Å². The standard InChI is InChI=1S/C19H30N2/c1-4-17-13-20-19(10-5-6-11-19)14-21(17)18-9-7-8-16(12-18)15(2)3/h7-9,12,15,17,20H,4-6,10-11,13-14H2,1-3H3. The zero-order valence-corrected chi connectivity index (χ0v) is 13.9. The highest BCUT2D eigenvalue weighted by Crippen LogP contribution is 2.36. The molecule has 1 aromatic rings. The second-order valence-electron chi connectivity index (χ2n) is 7.31. The fourth-order valence-electron chi connectivity index (χ4n) is 4.07. The number of nitrogens with one attached hydrogen (secondary N) is 1. The van der Waals surface area contributed by atoms with Crippen molar-refractivity contribution in [1.82, 2.24) is 5.32 Å². The highest BCUT2D eigenvalue weighted by atomic mass is 15.3. The van der Waals surface area contributed by atoms with Crippen LogP contribution in [0.1, 0.15) is 64.4 Å². The predicted octanol–water partition coefficient (Wildman–Crippen LogP) is 4.31. The van der Waals surface area contributed by atoms with Gasteiger partial charge in [0.15, 0.2) is 0 Å².